The average molecular weight is 359 g/mol. The standard InChI is InChI=1S/C17H21N5O2S/c1-11(15(23)19-16(24)18-2)25-17-21-20-14(13-8-9-13)22(17)10-12-6-4-3-5-7-12/h3-7,11,13H,8-10H2,1-2H3,(H2,18,19,23,24). The lowest BCUT2D eigenvalue weighted by atomic mass is 10.2. The number of urea groups is 1. The van der Waals surface area contributed by atoms with Crippen molar-refractivity contribution in [3.05, 3.63) is 41.7 Å². The van der Waals surface area contributed by atoms with E-state index in [9.17, 15) is 9.59 Å². The Kier molecular flexibility index (Phi) is 5.37. The van der Waals surface area contributed by atoms with Crippen LogP contribution in [0.3, 0.4) is 0 Å². The van der Waals surface area contributed by atoms with Crippen LogP contribution in [0.4, 0.5) is 4.79 Å². The molecule has 132 valence electrons. The Labute approximate surface area is 150 Å². The summed E-state index contributed by atoms with van der Waals surface area (Å²) < 4.78 is 2.08. The molecule has 1 aromatic carbocycles. The molecule has 1 saturated carbocycles. The molecular formula is C17H21N5O2S. The molecule has 2 N–H and O–H groups in total. The lowest BCUT2D eigenvalue weighted by Crippen LogP contribution is -2.41. The molecule has 8 heteroatoms. The Morgan fingerprint density at radius 2 is 2.00 bits per heavy atom. The fourth-order valence-corrected chi connectivity index (χ4v) is 3.29. The van der Waals surface area contributed by atoms with Crippen molar-refractivity contribution < 1.29 is 9.59 Å². The number of thioether (sulfide) groups is 1. The highest BCUT2D eigenvalue weighted by Gasteiger charge is 2.31. The van der Waals surface area contributed by atoms with Crippen LogP contribution in [-0.2, 0) is 11.3 Å². The molecule has 25 heavy (non-hydrogen) atoms. The zero-order chi connectivity index (χ0) is 17.8. The van der Waals surface area contributed by atoms with Gasteiger partial charge < -0.3 is 9.88 Å². The molecule has 0 radical (unpaired) electrons. The van der Waals surface area contributed by atoms with Crippen LogP contribution < -0.4 is 10.6 Å². The van der Waals surface area contributed by atoms with Gasteiger partial charge in [-0.25, -0.2) is 4.79 Å². The molecule has 1 atom stereocenters. The monoisotopic (exact) mass is 359 g/mol. The van der Waals surface area contributed by atoms with E-state index in [1.54, 1.807) is 6.92 Å². The lowest BCUT2D eigenvalue weighted by molar-refractivity contribution is -0.119. The van der Waals surface area contributed by atoms with Gasteiger partial charge in [0.2, 0.25) is 5.91 Å². The van der Waals surface area contributed by atoms with Gasteiger partial charge in [-0.1, -0.05) is 42.1 Å². The van der Waals surface area contributed by atoms with Crippen LogP contribution in [0.25, 0.3) is 0 Å². The molecule has 1 unspecified atom stereocenters. The van der Waals surface area contributed by atoms with Crippen LogP contribution >= 0.6 is 11.8 Å². The van der Waals surface area contributed by atoms with Gasteiger partial charge in [-0.05, 0) is 25.3 Å². The molecule has 3 amide bonds. The lowest BCUT2D eigenvalue weighted by Gasteiger charge is -2.13. The number of rotatable bonds is 6. The first kappa shape index (κ1) is 17.5. The van der Waals surface area contributed by atoms with Crippen molar-refractivity contribution in [2.45, 2.75) is 42.6 Å². The van der Waals surface area contributed by atoms with E-state index in [1.165, 1.54) is 18.8 Å². The van der Waals surface area contributed by atoms with Crippen molar-refractivity contribution in [3.8, 4) is 0 Å². The van der Waals surface area contributed by atoms with Gasteiger partial charge in [0.25, 0.3) is 0 Å². The number of benzene rings is 1. The highest BCUT2D eigenvalue weighted by atomic mass is 32.2. The number of hydrogen-bond acceptors (Lipinski definition) is 5. The quantitative estimate of drug-likeness (QED) is 0.772. The van der Waals surface area contributed by atoms with Crippen LogP contribution in [0.5, 0.6) is 0 Å². The van der Waals surface area contributed by atoms with Crippen LogP contribution in [-0.4, -0.2) is 39.0 Å². The van der Waals surface area contributed by atoms with E-state index in [-0.39, 0.29) is 5.91 Å². The van der Waals surface area contributed by atoms with E-state index in [0.29, 0.717) is 17.6 Å². The number of imide groups is 1. The fraction of sp³-hybridized carbons (Fsp3) is 0.412. The molecule has 7 nitrogen and oxygen atoms in total. The van der Waals surface area contributed by atoms with Crippen molar-refractivity contribution in [3.63, 3.8) is 0 Å². The number of nitrogens with zero attached hydrogens (tertiary/aromatic N) is 3. The zero-order valence-corrected chi connectivity index (χ0v) is 15.0. The zero-order valence-electron chi connectivity index (χ0n) is 14.2. The molecule has 1 aliphatic carbocycles. The highest BCUT2D eigenvalue weighted by molar-refractivity contribution is 8.00. The molecule has 1 aliphatic rings. The maximum Gasteiger partial charge on any atom is 0.321 e. The molecule has 0 aliphatic heterocycles. The number of carbonyl (C=O) groups excluding carboxylic acids is 2. The third-order valence-corrected chi connectivity index (χ3v) is 5.07. The van der Waals surface area contributed by atoms with Gasteiger partial charge in [-0.3, -0.25) is 10.1 Å². The summed E-state index contributed by atoms with van der Waals surface area (Å²) in [5.74, 6) is 1.08. The van der Waals surface area contributed by atoms with Gasteiger partial charge in [0.05, 0.1) is 11.8 Å². The average Bonchev–Trinajstić information content (AvgIpc) is 3.39. The molecule has 0 bridgehead atoms. The summed E-state index contributed by atoms with van der Waals surface area (Å²) in [6.07, 6.45) is 2.26. The largest absolute Gasteiger partial charge is 0.341 e. The van der Waals surface area contributed by atoms with Crippen molar-refractivity contribution in [1.82, 2.24) is 25.4 Å². The normalized spacial score (nSPS) is 14.8. The summed E-state index contributed by atoms with van der Waals surface area (Å²) in [7, 11) is 1.47. The predicted molar refractivity (Wildman–Crippen MR) is 95.5 cm³/mol. The Morgan fingerprint density at radius 3 is 2.64 bits per heavy atom. The van der Waals surface area contributed by atoms with E-state index < -0.39 is 11.3 Å². The second-order valence-electron chi connectivity index (χ2n) is 6.02. The Hall–Kier alpha value is -2.35. The molecular weight excluding hydrogens is 338 g/mol. The highest BCUT2D eigenvalue weighted by Crippen LogP contribution is 2.40. The minimum absolute atomic E-state index is 0.355. The van der Waals surface area contributed by atoms with Crippen molar-refractivity contribution in [2.24, 2.45) is 0 Å². The minimum atomic E-state index is -0.512. The van der Waals surface area contributed by atoms with E-state index in [0.717, 1.165) is 24.2 Å². The third-order valence-electron chi connectivity index (χ3n) is 3.99. The first-order valence-corrected chi connectivity index (χ1v) is 9.12. The van der Waals surface area contributed by atoms with Gasteiger partial charge in [-0.15, -0.1) is 10.2 Å². The van der Waals surface area contributed by atoms with E-state index in [1.807, 2.05) is 18.2 Å². The first-order chi connectivity index (χ1) is 12.1. The molecule has 1 heterocycles. The number of hydrogen-bond donors (Lipinski definition) is 2. The predicted octanol–water partition coefficient (Wildman–Crippen LogP) is 2.14. The minimum Gasteiger partial charge on any atom is -0.341 e. The van der Waals surface area contributed by atoms with Crippen molar-refractivity contribution >= 4 is 23.7 Å². The molecule has 0 spiro atoms. The Morgan fingerprint density at radius 1 is 1.28 bits per heavy atom. The summed E-state index contributed by atoms with van der Waals surface area (Å²) in [6.45, 7) is 2.42. The van der Waals surface area contributed by atoms with E-state index in [2.05, 4.69) is 37.5 Å². The molecule has 1 fully saturated rings. The van der Waals surface area contributed by atoms with Crippen LogP contribution in [0, 0.1) is 0 Å². The summed E-state index contributed by atoms with van der Waals surface area (Å²) in [6, 6.07) is 9.60. The van der Waals surface area contributed by atoms with Gasteiger partial charge in [0.15, 0.2) is 5.16 Å². The number of carbonyl (C=O) groups is 2. The van der Waals surface area contributed by atoms with Crippen LogP contribution in [0.2, 0.25) is 0 Å². The Bertz CT molecular complexity index is 758. The van der Waals surface area contributed by atoms with Crippen LogP contribution in [0.15, 0.2) is 35.5 Å². The summed E-state index contributed by atoms with van der Waals surface area (Å²) in [5.41, 5.74) is 1.16. The molecule has 1 aromatic heterocycles. The molecule has 0 saturated heterocycles. The number of amides is 3. The summed E-state index contributed by atoms with van der Waals surface area (Å²) in [4.78, 5) is 23.4. The van der Waals surface area contributed by atoms with Crippen molar-refractivity contribution in [1.29, 1.82) is 0 Å². The fourth-order valence-electron chi connectivity index (χ4n) is 2.43. The third kappa shape index (κ3) is 4.39. The SMILES string of the molecule is CNC(=O)NC(=O)C(C)Sc1nnc(C2CC2)n1Cc1ccccc1. The van der Waals surface area contributed by atoms with Crippen molar-refractivity contribution in [2.75, 3.05) is 7.05 Å². The number of nitrogens with one attached hydrogen (secondary N) is 2. The van der Waals surface area contributed by atoms with Gasteiger partial charge >= 0.3 is 6.03 Å². The van der Waals surface area contributed by atoms with Crippen LogP contribution in [0.1, 0.15) is 37.1 Å². The van der Waals surface area contributed by atoms with Gasteiger partial charge in [0, 0.05) is 13.0 Å². The summed E-state index contributed by atoms with van der Waals surface area (Å²) in [5, 5.41) is 13.5. The summed E-state index contributed by atoms with van der Waals surface area (Å²) >= 11 is 1.31. The molecule has 3 rings (SSSR count). The van der Waals surface area contributed by atoms with E-state index in [4.69, 9.17) is 0 Å². The number of aromatic nitrogens is 3. The second-order valence-corrected chi connectivity index (χ2v) is 7.32. The first-order valence-electron chi connectivity index (χ1n) is 8.24. The maximum atomic E-state index is 12.1. The van der Waals surface area contributed by atoms with Gasteiger partial charge in [0.1, 0.15) is 5.82 Å². The topological polar surface area (TPSA) is 88.9 Å². The molecule has 2 aromatic rings. The smallest absolute Gasteiger partial charge is 0.321 e. The maximum absolute atomic E-state index is 12.1. The Balaban J connectivity index is 1.76. The second kappa shape index (κ2) is 7.69. The van der Waals surface area contributed by atoms with E-state index >= 15 is 0 Å². The van der Waals surface area contributed by atoms with Gasteiger partial charge in [-0.2, -0.15) is 0 Å².